The summed E-state index contributed by atoms with van der Waals surface area (Å²) < 4.78 is 18.0. The summed E-state index contributed by atoms with van der Waals surface area (Å²) in [4.78, 5) is 15.7. The Morgan fingerprint density at radius 1 is 1.25 bits per heavy atom. The number of carbonyl (C=O) groups excluding carboxylic acids is 1. The van der Waals surface area contributed by atoms with Gasteiger partial charge in [0, 0.05) is 12.4 Å². The highest BCUT2D eigenvalue weighted by molar-refractivity contribution is 5.78. The highest BCUT2D eigenvalue weighted by Crippen LogP contribution is 2.12. The predicted octanol–water partition coefficient (Wildman–Crippen LogP) is 2.48. The second-order valence-electron chi connectivity index (χ2n) is 4.31. The molecule has 0 aliphatic carbocycles. The Kier molecular flexibility index (Phi) is 4.65. The highest BCUT2D eigenvalue weighted by atomic mass is 19.1. The molecule has 1 amide bonds. The summed E-state index contributed by atoms with van der Waals surface area (Å²) in [6, 6.07) is 9.09. The first kappa shape index (κ1) is 14.0. The molecular formula is C15H15FN2O2. The van der Waals surface area contributed by atoms with Crippen LogP contribution in [0.5, 0.6) is 5.75 Å². The number of nitrogens with zero attached hydrogens (tertiary/aromatic N) is 1. The monoisotopic (exact) mass is 274 g/mol. The van der Waals surface area contributed by atoms with E-state index in [-0.39, 0.29) is 24.4 Å². The lowest BCUT2D eigenvalue weighted by Gasteiger charge is -2.14. The third-order valence-corrected chi connectivity index (χ3v) is 2.77. The molecule has 4 nitrogen and oxygen atoms in total. The van der Waals surface area contributed by atoms with Crippen LogP contribution in [0.2, 0.25) is 0 Å². The average Bonchev–Trinajstić information content (AvgIpc) is 2.47. The Labute approximate surface area is 116 Å². The Bertz CT molecular complexity index is 558. The molecule has 1 aromatic carbocycles. The van der Waals surface area contributed by atoms with E-state index >= 15 is 0 Å². The number of aromatic nitrogens is 1. The van der Waals surface area contributed by atoms with Crippen LogP contribution in [0, 0.1) is 5.82 Å². The molecular weight excluding hydrogens is 259 g/mol. The fourth-order valence-electron chi connectivity index (χ4n) is 1.70. The molecule has 2 rings (SSSR count). The first-order valence-electron chi connectivity index (χ1n) is 6.23. The van der Waals surface area contributed by atoms with Gasteiger partial charge in [0.05, 0.1) is 6.04 Å². The summed E-state index contributed by atoms with van der Waals surface area (Å²) in [5.41, 5.74) is 0.968. The molecule has 0 fully saturated rings. The summed E-state index contributed by atoms with van der Waals surface area (Å²) >= 11 is 0. The van der Waals surface area contributed by atoms with E-state index in [1.165, 1.54) is 24.3 Å². The molecule has 5 heteroatoms. The van der Waals surface area contributed by atoms with E-state index in [9.17, 15) is 9.18 Å². The maximum Gasteiger partial charge on any atom is 0.258 e. The smallest absolute Gasteiger partial charge is 0.258 e. The van der Waals surface area contributed by atoms with Gasteiger partial charge in [-0.15, -0.1) is 0 Å². The van der Waals surface area contributed by atoms with Crippen LogP contribution < -0.4 is 10.1 Å². The van der Waals surface area contributed by atoms with Crippen LogP contribution in [0.4, 0.5) is 4.39 Å². The lowest BCUT2D eigenvalue weighted by atomic mass is 10.1. The van der Waals surface area contributed by atoms with Gasteiger partial charge in [-0.25, -0.2) is 4.39 Å². The normalized spacial score (nSPS) is 11.7. The molecule has 1 aromatic heterocycles. The zero-order valence-corrected chi connectivity index (χ0v) is 11.0. The molecule has 1 atom stereocenters. The second kappa shape index (κ2) is 6.65. The Morgan fingerprint density at radius 3 is 2.55 bits per heavy atom. The fourth-order valence-corrected chi connectivity index (χ4v) is 1.70. The zero-order chi connectivity index (χ0) is 14.4. The van der Waals surface area contributed by atoms with E-state index < -0.39 is 0 Å². The van der Waals surface area contributed by atoms with E-state index in [1.807, 2.05) is 19.1 Å². The van der Waals surface area contributed by atoms with E-state index in [0.717, 1.165) is 5.56 Å². The molecule has 0 unspecified atom stereocenters. The number of hydrogen-bond acceptors (Lipinski definition) is 3. The molecule has 0 bridgehead atoms. The second-order valence-corrected chi connectivity index (χ2v) is 4.31. The van der Waals surface area contributed by atoms with Gasteiger partial charge < -0.3 is 10.1 Å². The van der Waals surface area contributed by atoms with Crippen LogP contribution in [0.1, 0.15) is 18.5 Å². The van der Waals surface area contributed by atoms with Crippen LogP contribution in [-0.4, -0.2) is 17.5 Å². The Hall–Kier alpha value is -2.43. The van der Waals surface area contributed by atoms with Crippen LogP contribution in [0.25, 0.3) is 0 Å². The highest BCUT2D eigenvalue weighted by Gasteiger charge is 2.09. The summed E-state index contributed by atoms with van der Waals surface area (Å²) in [5.74, 6) is -0.120. The number of amides is 1. The number of ether oxygens (including phenoxy) is 1. The molecule has 0 spiro atoms. The Morgan fingerprint density at radius 2 is 1.90 bits per heavy atom. The van der Waals surface area contributed by atoms with Crippen molar-refractivity contribution in [3.8, 4) is 5.75 Å². The minimum Gasteiger partial charge on any atom is -0.484 e. The summed E-state index contributed by atoms with van der Waals surface area (Å²) in [6.07, 6.45) is 3.35. The van der Waals surface area contributed by atoms with Crippen LogP contribution in [0.3, 0.4) is 0 Å². The molecule has 2 aromatic rings. The van der Waals surface area contributed by atoms with Crippen molar-refractivity contribution in [1.29, 1.82) is 0 Å². The zero-order valence-electron chi connectivity index (χ0n) is 11.0. The minimum absolute atomic E-state index is 0.110. The third-order valence-electron chi connectivity index (χ3n) is 2.77. The van der Waals surface area contributed by atoms with Gasteiger partial charge in [-0.1, -0.05) is 0 Å². The van der Waals surface area contributed by atoms with Gasteiger partial charge in [-0.05, 0) is 48.9 Å². The molecule has 0 saturated carbocycles. The van der Waals surface area contributed by atoms with Crippen molar-refractivity contribution >= 4 is 5.91 Å². The fraction of sp³-hybridized carbons (Fsp3) is 0.200. The summed E-state index contributed by atoms with van der Waals surface area (Å²) in [7, 11) is 0. The average molecular weight is 274 g/mol. The molecule has 0 aliphatic rings. The lowest BCUT2D eigenvalue weighted by molar-refractivity contribution is -0.123. The molecule has 0 saturated heterocycles. The molecule has 104 valence electrons. The van der Waals surface area contributed by atoms with E-state index in [2.05, 4.69) is 10.3 Å². The molecule has 0 aliphatic heterocycles. The summed E-state index contributed by atoms with van der Waals surface area (Å²) in [5, 5.41) is 2.81. The summed E-state index contributed by atoms with van der Waals surface area (Å²) in [6.45, 7) is 1.77. The lowest BCUT2D eigenvalue weighted by Crippen LogP contribution is -2.31. The Balaban J connectivity index is 1.82. The largest absolute Gasteiger partial charge is 0.484 e. The minimum atomic E-state index is -0.340. The van der Waals surface area contributed by atoms with E-state index in [4.69, 9.17) is 4.74 Å². The number of benzene rings is 1. The third kappa shape index (κ3) is 4.05. The van der Waals surface area contributed by atoms with E-state index in [1.54, 1.807) is 12.4 Å². The SMILES string of the molecule is C[C@H](NC(=O)COc1ccc(F)cc1)c1ccncc1. The number of pyridine rings is 1. The number of halogens is 1. The molecule has 1 N–H and O–H groups in total. The van der Waals surface area contributed by atoms with Gasteiger partial charge in [-0.3, -0.25) is 9.78 Å². The van der Waals surface area contributed by atoms with E-state index in [0.29, 0.717) is 5.75 Å². The van der Waals surface area contributed by atoms with Crippen molar-refractivity contribution < 1.29 is 13.9 Å². The van der Waals surface area contributed by atoms with Crippen molar-refractivity contribution in [2.75, 3.05) is 6.61 Å². The van der Waals surface area contributed by atoms with Crippen molar-refractivity contribution in [3.05, 3.63) is 60.2 Å². The number of hydrogen-bond donors (Lipinski definition) is 1. The van der Waals surface area contributed by atoms with Gasteiger partial charge in [0.1, 0.15) is 11.6 Å². The standard InChI is InChI=1S/C15H15FN2O2/c1-11(12-6-8-17-9-7-12)18-15(19)10-20-14-4-2-13(16)3-5-14/h2-9,11H,10H2,1H3,(H,18,19)/t11-/m0/s1. The maximum atomic E-state index is 12.7. The van der Waals surface area contributed by atoms with Crippen LogP contribution in [-0.2, 0) is 4.79 Å². The van der Waals surface area contributed by atoms with Gasteiger partial charge >= 0.3 is 0 Å². The van der Waals surface area contributed by atoms with Crippen LogP contribution >= 0.6 is 0 Å². The van der Waals surface area contributed by atoms with Gasteiger partial charge in [-0.2, -0.15) is 0 Å². The maximum absolute atomic E-state index is 12.7. The van der Waals surface area contributed by atoms with Gasteiger partial charge in [0.25, 0.3) is 5.91 Å². The predicted molar refractivity (Wildman–Crippen MR) is 72.7 cm³/mol. The number of rotatable bonds is 5. The first-order chi connectivity index (χ1) is 9.65. The molecule has 0 radical (unpaired) electrons. The quantitative estimate of drug-likeness (QED) is 0.911. The van der Waals surface area contributed by atoms with Crippen molar-refractivity contribution in [2.24, 2.45) is 0 Å². The van der Waals surface area contributed by atoms with Crippen LogP contribution in [0.15, 0.2) is 48.8 Å². The first-order valence-corrected chi connectivity index (χ1v) is 6.23. The van der Waals surface area contributed by atoms with Crippen molar-refractivity contribution in [3.63, 3.8) is 0 Å². The molecule has 20 heavy (non-hydrogen) atoms. The van der Waals surface area contributed by atoms with Gasteiger partial charge in [0.2, 0.25) is 0 Å². The number of carbonyl (C=O) groups is 1. The van der Waals surface area contributed by atoms with Gasteiger partial charge in [0.15, 0.2) is 6.61 Å². The number of nitrogens with one attached hydrogen (secondary N) is 1. The topological polar surface area (TPSA) is 51.2 Å². The van der Waals surface area contributed by atoms with Crippen molar-refractivity contribution in [1.82, 2.24) is 10.3 Å². The van der Waals surface area contributed by atoms with Crippen molar-refractivity contribution in [2.45, 2.75) is 13.0 Å². The molecule has 1 heterocycles.